The number of rotatable bonds is 3. The van der Waals surface area contributed by atoms with Gasteiger partial charge >= 0.3 is 0 Å². The number of anilines is 1. The Morgan fingerprint density at radius 3 is 2.37 bits per heavy atom. The van der Waals surface area contributed by atoms with E-state index in [4.69, 9.17) is 12.2 Å². The number of hydrogen-bond donors (Lipinski definition) is 1. The number of thiocarbonyl (C=S) groups is 1. The van der Waals surface area contributed by atoms with Crippen LogP contribution in [0.4, 0.5) is 5.69 Å². The van der Waals surface area contributed by atoms with Gasteiger partial charge in [-0.25, -0.2) is 0 Å². The second-order valence-electron chi connectivity index (χ2n) is 8.28. The van der Waals surface area contributed by atoms with Gasteiger partial charge in [0.2, 0.25) is 0 Å². The van der Waals surface area contributed by atoms with Crippen LogP contribution in [0.5, 0.6) is 0 Å². The lowest BCUT2D eigenvalue weighted by Crippen LogP contribution is -2.54. The SMILES string of the molecule is Cc1ccc(N2C(=O)/C(=C\c3cc(C)n(C4CCCCC4)c3C)C(=O)NC2=S)cc1. The Kier molecular flexibility index (Phi) is 5.60. The normalized spacial score (nSPS) is 19.5. The number of carbonyl (C=O) groups is 2. The van der Waals surface area contributed by atoms with Crippen molar-refractivity contribution in [2.45, 2.75) is 58.9 Å². The van der Waals surface area contributed by atoms with Gasteiger partial charge in [-0.1, -0.05) is 37.0 Å². The maximum absolute atomic E-state index is 13.2. The number of nitrogens with one attached hydrogen (secondary N) is 1. The molecule has 0 unspecified atom stereocenters. The molecule has 1 saturated heterocycles. The predicted molar refractivity (Wildman–Crippen MR) is 123 cm³/mol. The Morgan fingerprint density at radius 2 is 1.70 bits per heavy atom. The molecule has 2 amide bonds. The number of hydrogen-bond acceptors (Lipinski definition) is 3. The number of carbonyl (C=O) groups excluding carboxylic acids is 2. The lowest BCUT2D eigenvalue weighted by atomic mass is 9.95. The molecule has 5 nitrogen and oxygen atoms in total. The number of amides is 2. The molecule has 1 aliphatic heterocycles. The molecule has 2 aliphatic rings. The second-order valence-corrected chi connectivity index (χ2v) is 8.67. The highest BCUT2D eigenvalue weighted by Gasteiger charge is 2.34. The van der Waals surface area contributed by atoms with E-state index in [-0.39, 0.29) is 10.7 Å². The first-order chi connectivity index (χ1) is 14.4. The van der Waals surface area contributed by atoms with Gasteiger partial charge in [-0.05, 0) is 75.7 Å². The molecule has 30 heavy (non-hydrogen) atoms. The molecule has 1 aromatic heterocycles. The maximum Gasteiger partial charge on any atom is 0.270 e. The lowest BCUT2D eigenvalue weighted by molar-refractivity contribution is -0.122. The van der Waals surface area contributed by atoms with Gasteiger partial charge in [0.15, 0.2) is 5.11 Å². The molecule has 1 N–H and O–H groups in total. The van der Waals surface area contributed by atoms with Crippen LogP contribution in [-0.2, 0) is 9.59 Å². The minimum atomic E-state index is -0.448. The van der Waals surface area contributed by atoms with Gasteiger partial charge in [-0.3, -0.25) is 19.8 Å². The first-order valence-electron chi connectivity index (χ1n) is 10.5. The molecule has 156 valence electrons. The second kappa shape index (κ2) is 8.19. The average molecular weight is 422 g/mol. The van der Waals surface area contributed by atoms with Crippen LogP contribution in [-0.4, -0.2) is 21.5 Å². The quantitative estimate of drug-likeness (QED) is 0.442. The monoisotopic (exact) mass is 421 g/mol. The van der Waals surface area contributed by atoms with Crippen molar-refractivity contribution >= 4 is 40.9 Å². The third-order valence-electron chi connectivity index (χ3n) is 6.16. The summed E-state index contributed by atoms with van der Waals surface area (Å²) in [5.74, 6) is -0.842. The molecule has 0 atom stereocenters. The van der Waals surface area contributed by atoms with E-state index in [0.717, 1.165) is 16.8 Å². The zero-order valence-electron chi connectivity index (χ0n) is 17.7. The fraction of sp³-hybridized carbons (Fsp3) is 0.375. The minimum Gasteiger partial charge on any atom is -0.346 e. The molecule has 1 aliphatic carbocycles. The molecule has 0 bridgehead atoms. The van der Waals surface area contributed by atoms with Crippen molar-refractivity contribution in [3.05, 3.63) is 58.4 Å². The summed E-state index contributed by atoms with van der Waals surface area (Å²) in [6.45, 7) is 6.15. The first kappa shape index (κ1) is 20.5. The Balaban J connectivity index is 1.70. The van der Waals surface area contributed by atoms with Gasteiger partial charge in [-0.15, -0.1) is 0 Å². The minimum absolute atomic E-state index is 0.105. The van der Waals surface area contributed by atoms with Crippen LogP contribution in [0.2, 0.25) is 0 Å². The van der Waals surface area contributed by atoms with E-state index in [0.29, 0.717) is 11.7 Å². The molecular weight excluding hydrogens is 394 g/mol. The summed E-state index contributed by atoms with van der Waals surface area (Å²) in [5, 5.41) is 2.78. The first-order valence-corrected chi connectivity index (χ1v) is 10.9. The Labute approximate surface area is 182 Å². The van der Waals surface area contributed by atoms with Crippen LogP contribution in [0.1, 0.15) is 60.7 Å². The number of nitrogens with zero attached hydrogens (tertiary/aromatic N) is 2. The van der Waals surface area contributed by atoms with E-state index < -0.39 is 11.8 Å². The summed E-state index contributed by atoms with van der Waals surface area (Å²) in [6, 6.07) is 10.1. The van der Waals surface area contributed by atoms with Crippen LogP contribution in [0.25, 0.3) is 6.08 Å². The summed E-state index contributed by atoms with van der Waals surface area (Å²) in [4.78, 5) is 27.3. The van der Waals surface area contributed by atoms with Gasteiger partial charge in [0, 0.05) is 17.4 Å². The highest BCUT2D eigenvalue weighted by molar-refractivity contribution is 7.80. The molecule has 0 radical (unpaired) electrons. The molecule has 6 heteroatoms. The highest BCUT2D eigenvalue weighted by Crippen LogP contribution is 2.33. The molecule has 0 spiro atoms. The van der Waals surface area contributed by atoms with Crippen LogP contribution >= 0.6 is 12.2 Å². The molecule has 4 rings (SSSR count). The van der Waals surface area contributed by atoms with E-state index in [2.05, 4.69) is 29.8 Å². The Bertz CT molecular complexity index is 1040. The van der Waals surface area contributed by atoms with Crippen LogP contribution < -0.4 is 10.2 Å². The van der Waals surface area contributed by atoms with Crippen molar-refractivity contribution in [1.29, 1.82) is 0 Å². The molecule has 1 saturated carbocycles. The van der Waals surface area contributed by atoms with Crippen LogP contribution in [0.15, 0.2) is 35.9 Å². The molecular formula is C24H27N3O2S. The largest absolute Gasteiger partial charge is 0.346 e. The topological polar surface area (TPSA) is 54.3 Å². The number of benzene rings is 1. The highest BCUT2D eigenvalue weighted by atomic mass is 32.1. The zero-order chi connectivity index (χ0) is 21.4. The molecule has 2 fully saturated rings. The van der Waals surface area contributed by atoms with Crippen molar-refractivity contribution in [2.24, 2.45) is 0 Å². The van der Waals surface area contributed by atoms with Crippen molar-refractivity contribution < 1.29 is 9.59 Å². The van der Waals surface area contributed by atoms with E-state index >= 15 is 0 Å². The summed E-state index contributed by atoms with van der Waals surface area (Å²) in [5.41, 5.74) is 5.02. The third-order valence-corrected chi connectivity index (χ3v) is 6.44. The van der Waals surface area contributed by atoms with Gasteiger partial charge < -0.3 is 4.57 Å². The third kappa shape index (κ3) is 3.72. The Morgan fingerprint density at radius 1 is 1.03 bits per heavy atom. The summed E-state index contributed by atoms with van der Waals surface area (Å²) in [7, 11) is 0. The maximum atomic E-state index is 13.2. The standard InChI is InChI=1S/C24H27N3O2S/c1-15-9-11-20(12-10-15)27-23(29)21(22(28)25-24(27)30)14-18-13-16(2)26(17(18)3)19-7-5-4-6-8-19/h9-14,19H,4-8H2,1-3H3,(H,25,28,30)/b21-14-. The number of aromatic nitrogens is 1. The van der Waals surface area contributed by atoms with Crippen LogP contribution in [0, 0.1) is 20.8 Å². The summed E-state index contributed by atoms with van der Waals surface area (Å²) >= 11 is 5.29. The predicted octanol–water partition coefficient (Wildman–Crippen LogP) is 4.75. The number of aryl methyl sites for hydroxylation is 2. The fourth-order valence-electron chi connectivity index (χ4n) is 4.59. The molecule has 1 aromatic carbocycles. The molecule has 2 heterocycles. The molecule has 2 aromatic rings. The van der Waals surface area contributed by atoms with Crippen molar-refractivity contribution in [1.82, 2.24) is 9.88 Å². The lowest BCUT2D eigenvalue weighted by Gasteiger charge is -2.29. The van der Waals surface area contributed by atoms with Gasteiger partial charge in [0.05, 0.1) is 5.69 Å². The van der Waals surface area contributed by atoms with E-state index in [1.54, 1.807) is 6.08 Å². The zero-order valence-corrected chi connectivity index (χ0v) is 18.5. The smallest absolute Gasteiger partial charge is 0.270 e. The van der Waals surface area contributed by atoms with Gasteiger partial charge in [-0.2, -0.15) is 0 Å². The van der Waals surface area contributed by atoms with Crippen LogP contribution in [0.3, 0.4) is 0 Å². The summed E-state index contributed by atoms with van der Waals surface area (Å²) in [6.07, 6.45) is 7.88. The van der Waals surface area contributed by atoms with Crippen molar-refractivity contribution in [2.75, 3.05) is 4.90 Å². The van der Waals surface area contributed by atoms with Crippen molar-refractivity contribution in [3.8, 4) is 0 Å². The van der Waals surface area contributed by atoms with E-state index in [1.807, 2.05) is 31.2 Å². The van der Waals surface area contributed by atoms with Gasteiger partial charge in [0.25, 0.3) is 11.8 Å². The average Bonchev–Trinajstić information content (AvgIpc) is 3.00. The Hall–Kier alpha value is -2.73. The fourth-order valence-corrected chi connectivity index (χ4v) is 4.87. The summed E-state index contributed by atoms with van der Waals surface area (Å²) < 4.78 is 2.37. The van der Waals surface area contributed by atoms with E-state index in [1.165, 1.54) is 42.7 Å². The van der Waals surface area contributed by atoms with Gasteiger partial charge in [0.1, 0.15) is 5.57 Å². The van der Waals surface area contributed by atoms with E-state index in [9.17, 15) is 9.59 Å². The van der Waals surface area contributed by atoms with Crippen molar-refractivity contribution in [3.63, 3.8) is 0 Å².